The molecule has 1 fully saturated rings. The highest BCUT2D eigenvalue weighted by Gasteiger charge is 2.30. The molecule has 10 heteroatoms. The van der Waals surface area contributed by atoms with Crippen molar-refractivity contribution in [3.63, 3.8) is 0 Å². The van der Waals surface area contributed by atoms with Crippen molar-refractivity contribution < 1.29 is 18.8 Å². The van der Waals surface area contributed by atoms with Crippen molar-refractivity contribution in [1.82, 2.24) is 25.8 Å². The third kappa shape index (κ3) is 6.46. The first-order valence-corrected chi connectivity index (χ1v) is 10.9. The van der Waals surface area contributed by atoms with Gasteiger partial charge in [-0.25, -0.2) is 4.39 Å². The van der Waals surface area contributed by atoms with E-state index in [4.69, 9.17) is 21.2 Å². The van der Waals surface area contributed by atoms with Crippen LogP contribution in [0.15, 0.2) is 53.9 Å². The lowest BCUT2D eigenvalue weighted by Crippen LogP contribution is -2.46. The van der Waals surface area contributed by atoms with E-state index in [9.17, 15) is 9.18 Å². The van der Waals surface area contributed by atoms with Gasteiger partial charge in [0.05, 0.1) is 11.7 Å². The monoisotopic (exact) mass is 473 g/mol. The number of nitrogens with zero attached hydrogens (tertiary/aromatic N) is 2. The first-order valence-electron chi connectivity index (χ1n) is 10.5. The number of aromatic nitrogens is 1. The van der Waals surface area contributed by atoms with E-state index in [-0.39, 0.29) is 30.1 Å². The molecule has 2 aliphatic rings. The number of rotatable bonds is 4. The highest BCUT2D eigenvalue weighted by atomic mass is 35.5. The molecule has 0 radical (unpaired) electrons. The molecule has 0 saturated carbocycles. The Hall–Kier alpha value is -3.10. The Morgan fingerprint density at radius 1 is 1.24 bits per heavy atom. The van der Waals surface area contributed by atoms with Crippen LogP contribution in [0.1, 0.15) is 36.8 Å². The van der Waals surface area contributed by atoms with Crippen molar-refractivity contribution in [2.24, 2.45) is 0 Å². The Morgan fingerprint density at radius 2 is 2.03 bits per heavy atom. The number of carbonyl (C=O) groups is 1. The Labute approximate surface area is 196 Å². The summed E-state index contributed by atoms with van der Waals surface area (Å²) in [6.07, 6.45) is 2.28. The Morgan fingerprint density at radius 3 is 2.73 bits per heavy atom. The largest absolute Gasteiger partial charge is 0.373 e. The topological polar surface area (TPSA) is 103 Å². The highest BCUT2D eigenvalue weighted by Crippen LogP contribution is 2.34. The van der Waals surface area contributed by atoms with Gasteiger partial charge in [-0.1, -0.05) is 23.7 Å². The van der Waals surface area contributed by atoms with Crippen LogP contribution in [0.25, 0.3) is 0 Å². The molecule has 2 aliphatic heterocycles. The number of hydrogen-bond acceptors (Lipinski definition) is 7. The molecule has 1 saturated heterocycles. The molecule has 1 amide bonds. The van der Waals surface area contributed by atoms with Gasteiger partial charge in [-0.2, -0.15) is 9.59 Å². The van der Waals surface area contributed by atoms with E-state index < -0.39 is 0 Å². The fraction of sp³-hybridized carbons (Fsp3) is 0.348. The van der Waals surface area contributed by atoms with Crippen molar-refractivity contribution in [3.05, 3.63) is 76.0 Å². The zero-order chi connectivity index (χ0) is 23.8. The molecule has 2 atom stereocenters. The summed E-state index contributed by atoms with van der Waals surface area (Å²) < 4.78 is 13.6. The van der Waals surface area contributed by atoms with Crippen molar-refractivity contribution in [1.29, 1.82) is 0 Å². The van der Waals surface area contributed by atoms with Crippen LogP contribution in [0, 0.1) is 5.82 Å². The normalized spacial score (nSPS) is 21.1. The zero-order valence-electron chi connectivity index (χ0n) is 18.1. The standard InChI is InChI=1S/C22H25ClFN5O.CO2/c1-14-19(13-29-10-7-20(30)26-9-11-29)27-22(18-4-2-3-8-25-18)28-21(14)16-6-5-15(24)12-17(16)23;2-1-3/h2-6,8,12,21-22,27-28H,7,9-11,13H2,1H3,(H,26,30);. The first-order chi connectivity index (χ1) is 15.9. The van der Waals surface area contributed by atoms with Crippen molar-refractivity contribution >= 4 is 23.7 Å². The molecule has 1 aromatic heterocycles. The molecule has 8 nitrogen and oxygen atoms in total. The van der Waals surface area contributed by atoms with Crippen molar-refractivity contribution in [3.8, 4) is 0 Å². The Kier molecular flexibility index (Phi) is 8.68. The summed E-state index contributed by atoms with van der Waals surface area (Å²) in [6.45, 7) is 4.86. The fourth-order valence-corrected chi connectivity index (χ4v) is 4.20. The Bertz CT molecular complexity index is 1040. The number of halogens is 2. The van der Waals surface area contributed by atoms with Gasteiger partial charge in [0.1, 0.15) is 12.0 Å². The minimum absolute atomic E-state index is 0.0869. The van der Waals surface area contributed by atoms with Crippen molar-refractivity contribution in [2.75, 3.05) is 26.2 Å². The second-order valence-corrected chi connectivity index (χ2v) is 8.13. The number of carbonyl (C=O) groups excluding carboxylic acids is 3. The van der Waals surface area contributed by atoms with Gasteiger partial charge in [0.2, 0.25) is 5.91 Å². The van der Waals surface area contributed by atoms with Gasteiger partial charge < -0.3 is 10.6 Å². The van der Waals surface area contributed by atoms with E-state index in [0.29, 0.717) is 31.1 Å². The lowest BCUT2D eigenvalue weighted by molar-refractivity contribution is -0.191. The quantitative estimate of drug-likeness (QED) is 0.626. The van der Waals surface area contributed by atoms with Gasteiger partial charge in [-0.15, -0.1) is 0 Å². The van der Waals surface area contributed by atoms with Crippen LogP contribution in [0.4, 0.5) is 4.39 Å². The SMILES string of the molecule is CC1=C(CN2CCNC(=O)CC2)NC(c2ccccn2)NC1c1ccc(F)cc1Cl.O=C=O. The molecule has 3 heterocycles. The van der Waals surface area contributed by atoms with Crippen LogP contribution in [0.5, 0.6) is 0 Å². The summed E-state index contributed by atoms with van der Waals surface area (Å²) in [4.78, 5) is 34.7. The van der Waals surface area contributed by atoms with Crippen molar-refractivity contribution in [2.45, 2.75) is 25.6 Å². The molecular formula is C23H25ClFN5O3. The fourth-order valence-electron chi connectivity index (χ4n) is 3.93. The number of benzene rings is 1. The average molecular weight is 474 g/mol. The van der Waals surface area contributed by atoms with Gasteiger partial charge in [0.25, 0.3) is 0 Å². The second kappa shape index (κ2) is 11.7. The summed E-state index contributed by atoms with van der Waals surface area (Å²) in [7, 11) is 0. The lowest BCUT2D eigenvalue weighted by atomic mass is 9.94. The molecule has 2 aromatic rings. The summed E-state index contributed by atoms with van der Waals surface area (Å²) in [6, 6.07) is 10.1. The minimum atomic E-state index is -0.359. The van der Waals surface area contributed by atoms with Gasteiger partial charge in [0, 0.05) is 49.5 Å². The molecular weight excluding hydrogens is 449 g/mol. The average Bonchev–Trinajstić information content (AvgIpc) is 3.00. The van der Waals surface area contributed by atoms with Crippen LogP contribution in [0.3, 0.4) is 0 Å². The maximum Gasteiger partial charge on any atom is 0.373 e. The summed E-state index contributed by atoms with van der Waals surface area (Å²) >= 11 is 6.40. The second-order valence-electron chi connectivity index (χ2n) is 7.72. The van der Waals surface area contributed by atoms with Gasteiger partial charge in [-0.3, -0.25) is 20.0 Å². The van der Waals surface area contributed by atoms with E-state index in [1.165, 1.54) is 12.1 Å². The smallest absolute Gasteiger partial charge is 0.367 e. The van der Waals surface area contributed by atoms with E-state index in [2.05, 4.69) is 32.8 Å². The third-order valence-corrected chi connectivity index (χ3v) is 5.93. The number of amides is 1. The molecule has 174 valence electrons. The predicted molar refractivity (Wildman–Crippen MR) is 119 cm³/mol. The number of hydrogen-bond donors (Lipinski definition) is 3. The van der Waals surface area contributed by atoms with Gasteiger partial charge in [0.15, 0.2) is 0 Å². The first kappa shape index (κ1) is 24.5. The van der Waals surface area contributed by atoms with E-state index in [1.807, 2.05) is 18.2 Å². The number of nitrogens with one attached hydrogen (secondary N) is 3. The van der Waals surface area contributed by atoms with Crippen LogP contribution in [-0.2, 0) is 14.4 Å². The maximum atomic E-state index is 13.6. The predicted octanol–water partition coefficient (Wildman–Crippen LogP) is 2.32. The molecule has 0 bridgehead atoms. The summed E-state index contributed by atoms with van der Waals surface area (Å²) in [5, 5.41) is 10.4. The van der Waals surface area contributed by atoms with E-state index in [1.54, 1.807) is 12.3 Å². The zero-order valence-corrected chi connectivity index (χ0v) is 18.9. The van der Waals surface area contributed by atoms with Crippen LogP contribution < -0.4 is 16.0 Å². The maximum absolute atomic E-state index is 13.6. The molecule has 0 spiro atoms. The highest BCUT2D eigenvalue weighted by molar-refractivity contribution is 6.31. The van der Waals surface area contributed by atoms with Crippen LogP contribution >= 0.6 is 11.6 Å². The van der Waals surface area contributed by atoms with Gasteiger partial charge >= 0.3 is 6.15 Å². The summed E-state index contributed by atoms with van der Waals surface area (Å²) in [5.74, 6) is -0.272. The minimum Gasteiger partial charge on any atom is -0.367 e. The third-order valence-electron chi connectivity index (χ3n) is 5.60. The van der Waals surface area contributed by atoms with E-state index in [0.717, 1.165) is 29.1 Å². The summed E-state index contributed by atoms with van der Waals surface area (Å²) in [5.41, 5.74) is 3.82. The van der Waals surface area contributed by atoms with Crippen LogP contribution in [0.2, 0.25) is 5.02 Å². The Balaban J connectivity index is 0.000000968. The van der Waals surface area contributed by atoms with Crippen LogP contribution in [-0.4, -0.2) is 48.1 Å². The van der Waals surface area contributed by atoms with E-state index >= 15 is 0 Å². The molecule has 3 N–H and O–H groups in total. The lowest BCUT2D eigenvalue weighted by Gasteiger charge is -2.37. The molecule has 33 heavy (non-hydrogen) atoms. The molecule has 0 aliphatic carbocycles. The van der Waals surface area contributed by atoms with Gasteiger partial charge in [-0.05, 0) is 42.3 Å². The molecule has 1 aromatic carbocycles. The number of pyridine rings is 1. The molecule has 4 rings (SSSR count). The molecule has 2 unspecified atom stereocenters.